The van der Waals surface area contributed by atoms with Crippen molar-refractivity contribution in [3.05, 3.63) is 30.4 Å². The van der Waals surface area contributed by atoms with Crippen molar-refractivity contribution < 1.29 is 0 Å². The Balaban J connectivity index is 2.20. The van der Waals surface area contributed by atoms with Gasteiger partial charge in [0.25, 0.3) is 0 Å². The van der Waals surface area contributed by atoms with E-state index in [0.717, 1.165) is 25.3 Å². The summed E-state index contributed by atoms with van der Waals surface area (Å²) in [6.07, 6.45) is 4.76. The highest BCUT2D eigenvalue weighted by molar-refractivity contribution is 4.93. The van der Waals surface area contributed by atoms with Crippen molar-refractivity contribution in [3.63, 3.8) is 0 Å². The first-order chi connectivity index (χ1) is 6.20. The molecular weight excluding hydrogens is 162 g/mol. The molecule has 0 aliphatic heterocycles. The molecular formula is C10H17N3. The van der Waals surface area contributed by atoms with E-state index in [2.05, 4.69) is 16.9 Å². The molecule has 0 radical (unpaired) electrons. The van der Waals surface area contributed by atoms with Gasteiger partial charge in [-0.3, -0.25) is 0 Å². The molecule has 0 fully saturated rings. The Morgan fingerprint density at radius 1 is 1.69 bits per heavy atom. The van der Waals surface area contributed by atoms with Crippen LogP contribution in [0.2, 0.25) is 0 Å². The molecule has 3 heteroatoms. The second kappa shape index (κ2) is 4.82. The fourth-order valence-corrected chi connectivity index (χ4v) is 1.14. The lowest BCUT2D eigenvalue weighted by molar-refractivity contribution is 0.684. The Morgan fingerprint density at radius 3 is 3.00 bits per heavy atom. The molecule has 0 atom stereocenters. The van der Waals surface area contributed by atoms with E-state index < -0.39 is 0 Å². The van der Waals surface area contributed by atoms with Gasteiger partial charge in [0.1, 0.15) is 5.82 Å². The average molecular weight is 179 g/mol. The molecule has 0 aromatic carbocycles. The van der Waals surface area contributed by atoms with Gasteiger partial charge in [-0.15, -0.1) is 0 Å². The predicted molar refractivity (Wildman–Crippen MR) is 54.6 cm³/mol. The van der Waals surface area contributed by atoms with Gasteiger partial charge in [0.2, 0.25) is 0 Å². The van der Waals surface area contributed by atoms with Crippen LogP contribution < -0.4 is 5.32 Å². The van der Waals surface area contributed by atoms with E-state index in [1.807, 2.05) is 30.9 Å². The fourth-order valence-electron chi connectivity index (χ4n) is 1.14. The number of nitrogens with one attached hydrogen (secondary N) is 1. The first-order valence-corrected chi connectivity index (χ1v) is 4.51. The van der Waals surface area contributed by atoms with Crippen LogP contribution in [0.5, 0.6) is 0 Å². The first kappa shape index (κ1) is 9.99. The molecule has 1 heterocycles. The fraction of sp³-hybridized carbons (Fsp3) is 0.500. The maximum absolute atomic E-state index is 4.23. The molecule has 0 amide bonds. The minimum absolute atomic E-state index is 0.893. The summed E-state index contributed by atoms with van der Waals surface area (Å²) in [7, 11) is 2.01. The normalized spacial score (nSPS) is 10.3. The van der Waals surface area contributed by atoms with E-state index in [9.17, 15) is 0 Å². The molecule has 0 aliphatic carbocycles. The van der Waals surface area contributed by atoms with E-state index in [1.54, 1.807) is 0 Å². The van der Waals surface area contributed by atoms with Crippen molar-refractivity contribution in [1.82, 2.24) is 14.9 Å². The summed E-state index contributed by atoms with van der Waals surface area (Å²) < 4.78 is 2.04. The minimum Gasteiger partial charge on any atom is -0.338 e. The zero-order valence-corrected chi connectivity index (χ0v) is 8.38. The lowest BCUT2D eigenvalue weighted by Crippen LogP contribution is -2.20. The van der Waals surface area contributed by atoms with E-state index >= 15 is 0 Å². The summed E-state index contributed by atoms with van der Waals surface area (Å²) >= 11 is 0. The number of aromatic nitrogens is 2. The number of hydrogen-bond donors (Lipinski definition) is 1. The highest BCUT2D eigenvalue weighted by atomic mass is 15.0. The largest absolute Gasteiger partial charge is 0.338 e. The van der Waals surface area contributed by atoms with Crippen LogP contribution in [0.25, 0.3) is 0 Å². The Bertz CT molecular complexity index is 275. The number of aryl methyl sites for hydroxylation is 1. The van der Waals surface area contributed by atoms with E-state index in [1.165, 1.54) is 5.57 Å². The van der Waals surface area contributed by atoms with Crippen LogP contribution in [0, 0.1) is 0 Å². The Labute approximate surface area is 79.5 Å². The number of hydrogen-bond acceptors (Lipinski definition) is 2. The van der Waals surface area contributed by atoms with Crippen LogP contribution >= 0.6 is 0 Å². The average Bonchev–Trinajstić information content (AvgIpc) is 2.45. The van der Waals surface area contributed by atoms with Crippen molar-refractivity contribution in [2.75, 3.05) is 13.1 Å². The zero-order chi connectivity index (χ0) is 9.68. The summed E-state index contributed by atoms with van der Waals surface area (Å²) in [5.74, 6) is 1.12. The maximum atomic E-state index is 4.23. The topological polar surface area (TPSA) is 29.9 Å². The van der Waals surface area contributed by atoms with Crippen LogP contribution in [0.4, 0.5) is 0 Å². The highest BCUT2D eigenvalue weighted by Gasteiger charge is 1.97. The van der Waals surface area contributed by atoms with Crippen LogP contribution in [0.3, 0.4) is 0 Å². The second-order valence-electron chi connectivity index (χ2n) is 3.34. The third-order valence-electron chi connectivity index (χ3n) is 1.87. The molecule has 0 spiro atoms. The van der Waals surface area contributed by atoms with Gasteiger partial charge in [-0.2, -0.15) is 0 Å². The number of imidazole rings is 1. The summed E-state index contributed by atoms with van der Waals surface area (Å²) in [4.78, 5) is 4.23. The summed E-state index contributed by atoms with van der Waals surface area (Å²) in [6.45, 7) is 7.69. The summed E-state index contributed by atoms with van der Waals surface area (Å²) in [5.41, 5.74) is 1.17. The monoisotopic (exact) mass is 179 g/mol. The smallest absolute Gasteiger partial charge is 0.109 e. The molecule has 0 saturated carbocycles. The Morgan fingerprint density at radius 2 is 2.46 bits per heavy atom. The van der Waals surface area contributed by atoms with Crippen molar-refractivity contribution >= 4 is 0 Å². The molecule has 1 N–H and O–H groups in total. The standard InChI is InChI=1S/C10H17N3/c1-9(2)8-11-5-4-10-12-6-7-13(10)3/h6-7,11H,1,4-5,8H2,2-3H3. The van der Waals surface area contributed by atoms with Crippen LogP contribution in [0.15, 0.2) is 24.5 Å². The van der Waals surface area contributed by atoms with Crippen molar-refractivity contribution in [2.45, 2.75) is 13.3 Å². The molecule has 0 aliphatic rings. The van der Waals surface area contributed by atoms with Gasteiger partial charge in [0.05, 0.1) is 0 Å². The van der Waals surface area contributed by atoms with Gasteiger partial charge in [0.15, 0.2) is 0 Å². The highest BCUT2D eigenvalue weighted by Crippen LogP contribution is 1.94. The molecule has 72 valence electrons. The SMILES string of the molecule is C=C(C)CNCCc1nccn1C. The molecule has 0 unspecified atom stereocenters. The van der Waals surface area contributed by atoms with E-state index in [0.29, 0.717) is 0 Å². The van der Waals surface area contributed by atoms with Crippen molar-refractivity contribution in [1.29, 1.82) is 0 Å². The van der Waals surface area contributed by atoms with Gasteiger partial charge in [-0.1, -0.05) is 12.2 Å². The number of rotatable bonds is 5. The third kappa shape index (κ3) is 3.42. The van der Waals surface area contributed by atoms with Crippen molar-refractivity contribution in [3.8, 4) is 0 Å². The first-order valence-electron chi connectivity index (χ1n) is 4.51. The van der Waals surface area contributed by atoms with E-state index in [4.69, 9.17) is 0 Å². The van der Waals surface area contributed by atoms with Crippen LogP contribution in [-0.2, 0) is 13.5 Å². The minimum atomic E-state index is 0.893. The zero-order valence-electron chi connectivity index (χ0n) is 8.38. The third-order valence-corrected chi connectivity index (χ3v) is 1.87. The molecule has 0 saturated heterocycles. The number of nitrogens with zero attached hydrogens (tertiary/aromatic N) is 2. The van der Waals surface area contributed by atoms with Gasteiger partial charge in [0, 0.05) is 39.0 Å². The maximum Gasteiger partial charge on any atom is 0.109 e. The molecule has 0 bridgehead atoms. The molecule has 3 nitrogen and oxygen atoms in total. The quantitative estimate of drug-likeness (QED) is 0.542. The lowest BCUT2D eigenvalue weighted by atomic mass is 10.3. The second-order valence-corrected chi connectivity index (χ2v) is 3.34. The molecule has 1 aromatic rings. The molecule has 13 heavy (non-hydrogen) atoms. The summed E-state index contributed by atoms with van der Waals surface area (Å²) in [6, 6.07) is 0. The predicted octanol–water partition coefficient (Wildman–Crippen LogP) is 1.13. The van der Waals surface area contributed by atoms with Crippen molar-refractivity contribution in [2.24, 2.45) is 7.05 Å². The summed E-state index contributed by atoms with van der Waals surface area (Å²) in [5, 5.41) is 3.30. The van der Waals surface area contributed by atoms with Crippen LogP contribution in [0.1, 0.15) is 12.7 Å². The van der Waals surface area contributed by atoms with Crippen LogP contribution in [-0.4, -0.2) is 22.6 Å². The van der Waals surface area contributed by atoms with E-state index in [-0.39, 0.29) is 0 Å². The Hall–Kier alpha value is -1.09. The molecule has 1 aromatic heterocycles. The van der Waals surface area contributed by atoms with Gasteiger partial charge in [-0.05, 0) is 6.92 Å². The van der Waals surface area contributed by atoms with Gasteiger partial charge in [-0.25, -0.2) is 4.98 Å². The lowest BCUT2D eigenvalue weighted by Gasteiger charge is -2.03. The van der Waals surface area contributed by atoms with Gasteiger partial charge >= 0.3 is 0 Å². The molecule has 1 rings (SSSR count). The van der Waals surface area contributed by atoms with Gasteiger partial charge < -0.3 is 9.88 Å². The Kier molecular flexibility index (Phi) is 3.71.